The van der Waals surface area contributed by atoms with E-state index in [0.717, 1.165) is 24.1 Å². The zero-order valence-electron chi connectivity index (χ0n) is 20.0. The maximum absolute atomic E-state index is 13.0. The molecule has 184 valence electrons. The Labute approximate surface area is 201 Å². The third kappa shape index (κ3) is 4.60. The molecule has 3 heterocycles. The van der Waals surface area contributed by atoms with Crippen molar-refractivity contribution >= 4 is 16.9 Å². The lowest BCUT2D eigenvalue weighted by atomic mass is 9.98. The van der Waals surface area contributed by atoms with Gasteiger partial charge in [-0.1, -0.05) is 19.1 Å². The van der Waals surface area contributed by atoms with Crippen LogP contribution in [0.15, 0.2) is 41.2 Å². The number of benzene rings is 1. The SMILES string of the molecule is CCC1CN(c2nc(=O)n(C)c3ccc(C#N)nc23)C(C)CN1C(C)c1ccc(C(F)(F)F)cc1. The number of pyridine rings is 1. The van der Waals surface area contributed by atoms with Gasteiger partial charge in [0.1, 0.15) is 17.3 Å². The number of hydrogen-bond acceptors (Lipinski definition) is 6. The highest BCUT2D eigenvalue weighted by Gasteiger charge is 2.36. The van der Waals surface area contributed by atoms with Gasteiger partial charge in [-0.3, -0.25) is 9.47 Å². The van der Waals surface area contributed by atoms with Crippen LogP contribution in [0.1, 0.15) is 50.1 Å². The Kier molecular flexibility index (Phi) is 6.56. The van der Waals surface area contributed by atoms with Crippen molar-refractivity contribution in [3.8, 4) is 6.07 Å². The van der Waals surface area contributed by atoms with Crippen molar-refractivity contribution in [2.24, 2.45) is 7.05 Å². The number of rotatable bonds is 4. The third-order valence-electron chi connectivity index (χ3n) is 6.89. The molecule has 10 heteroatoms. The lowest BCUT2D eigenvalue weighted by Crippen LogP contribution is -2.58. The summed E-state index contributed by atoms with van der Waals surface area (Å²) in [4.78, 5) is 25.7. The van der Waals surface area contributed by atoms with Gasteiger partial charge >= 0.3 is 11.9 Å². The predicted octanol–water partition coefficient (Wildman–Crippen LogP) is 4.27. The number of piperazine rings is 1. The molecule has 3 unspecified atom stereocenters. The molecule has 3 atom stereocenters. The van der Waals surface area contributed by atoms with Crippen LogP contribution < -0.4 is 10.6 Å². The van der Waals surface area contributed by atoms with Crippen molar-refractivity contribution in [3.05, 3.63) is 63.7 Å². The van der Waals surface area contributed by atoms with Gasteiger partial charge in [-0.25, -0.2) is 9.78 Å². The number of aryl methyl sites for hydroxylation is 1. The molecule has 2 aromatic heterocycles. The maximum atomic E-state index is 13.0. The van der Waals surface area contributed by atoms with Crippen molar-refractivity contribution in [2.45, 2.75) is 51.5 Å². The summed E-state index contributed by atoms with van der Waals surface area (Å²) >= 11 is 0. The van der Waals surface area contributed by atoms with Crippen LogP contribution in [0.5, 0.6) is 0 Å². The van der Waals surface area contributed by atoms with Crippen molar-refractivity contribution in [1.82, 2.24) is 19.4 Å². The largest absolute Gasteiger partial charge is 0.416 e. The summed E-state index contributed by atoms with van der Waals surface area (Å²) in [6, 6.07) is 10.6. The lowest BCUT2D eigenvalue weighted by molar-refractivity contribution is -0.137. The second-order valence-corrected chi connectivity index (χ2v) is 9.01. The quantitative estimate of drug-likeness (QED) is 0.551. The molecule has 0 bridgehead atoms. The molecule has 7 nitrogen and oxygen atoms in total. The summed E-state index contributed by atoms with van der Waals surface area (Å²) in [6.07, 6.45) is -3.57. The van der Waals surface area contributed by atoms with Crippen LogP contribution in [-0.2, 0) is 13.2 Å². The highest BCUT2D eigenvalue weighted by Crippen LogP contribution is 2.34. The molecule has 1 saturated heterocycles. The van der Waals surface area contributed by atoms with Crippen LogP contribution in [0.3, 0.4) is 0 Å². The molecular formula is C25H27F3N6O. The van der Waals surface area contributed by atoms with Crippen LogP contribution in [-0.4, -0.2) is 44.6 Å². The summed E-state index contributed by atoms with van der Waals surface area (Å²) in [5, 5.41) is 9.34. The fraction of sp³-hybridized carbons (Fsp3) is 0.440. The van der Waals surface area contributed by atoms with E-state index in [0.29, 0.717) is 29.9 Å². The van der Waals surface area contributed by atoms with Gasteiger partial charge in [-0.05, 0) is 50.1 Å². The van der Waals surface area contributed by atoms with Crippen LogP contribution in [0.25, 0.3) is 11.0 Å². The second-order valence-electron chi connectivity index (χ2n) is 9.01. The summed E-state index contributed by atoms with van der Waals surface area (Å²) in [5.74, 6) is 0.452. The molecule has 0 amide bonds. The van der Waals surface area contributed by atoms with Gasteiger partial charge in [0.2, 0.25) is 0 Å². The van der Waals surface area contributed by atoms with Crippen LogP contribution in [0.4, 0.5) is 19.0 Å². The number of nitriles is 1. The van der Waals surface area contributed by atoms with E-state index in [9.17, 15) is 23.2 Å². The van der Waals surface area contributed by atoms with E-state index in [4.69, 9.17) is 0 Å². The van der Waals surface area contributed by atoms with Crippen LogP contribution in [0.2, 0.25) is 0 Å². The van der Waals surface area contributed by atoms with Crippen molar-refractivity contribution < 1.29 is 13.2 Å². The third-order valence-corrected chi connectivity index (χ3v) is 6.89. The van der Waals surface area contributed by atoms with Gasteiger partial charge in [0.05, 0.1) is 11.1 Å². The number of anilines is 1. The normalized spacial score (nSPS) is 20.1. The van der Waals surface area contributed by atoms with E-state index >= 15 is 0 Å². The average molecular weight is 485 g/mol. The molecule has 0 aliphatic carbocycles. The summed E-state index contributed by atoms with van der Waals surface area (Å²) in [6.45, 7) is 7.28. The van der Waals surface area contributed by atoms with Crippen molar-refractivity contribution in [1.29, 1.82) is 5.26 Å². The Morgan fingerprint density at radius 1 is 1.14 bits per heavy atom. The minimum atomic E-state index is -4.37. The first-order valence-electron chi connectivity index (χ1n) is 11.5. The topological polar surface area (TPSA) is 78.0 Å². The fourth-order valence-electron chi connectivity index (χ4n) is 4.81. The summed E-state index contributed by atoms with van der Waals surface area (Å²) < 4.78 is 40.4. The van der Waals surface area contributed by atoms with E-state index in [2.05, 4.69) is 26.7 Å². The fourth-order valence-corrected chi connectivity index (χ4v) is 4.81. The molecule has 1 aliphatic rings. The summed E-state index contributed by atoms with van der Waals surface area (Å²) in [5.41, 5.74) is 1.09. The molecule has 0 spiro atoms. The monoisotopic (exact) mass is 484 g/mol. The van der Waals surface area contributed by atoms with Gasteiger partial charge in [0, 0.05) is 38.3 Å². The van der Waals surface area contributed by atoms with Gasteiger partial charge in [0.25, 0.3) is 0 Å². The molecule has 1 aromatic carbocycles. The van der Waals surface area contributed by atoms with Crippen LogP contribution in [0, 0.1) is 11.3 Å². The van der Waals surface area contributed by atoms with Gasteiger partial charge in [-0.15, -0.1) is 0 Å². The van der Waals surface area contributed by atoms with Crippen LogP contribution >= 0.6 is 0 Å². The number of hydrogen-bond donors (Lipinski definition) is 0. The number of nitrogens with zero attached hydrogens (tertiary/aromatic N) is 6. The Balaban J connectivity index is 1.67. The van der Waals surface area contributed by atoms with Crippen molar-refractivity contribution in [3.63, 3.8) is 0 Å². The number of halogens is 3. The zero-order chi connectivity index (χ0) is 25.5. The molecule has 1 aliphatic heterocycles. The number of aromatic nitrogens is 3. The molecular weight excluding hydrogens is 457 g/mol. The predicted molar refractivity (Wildman–Crippen MR) is 127 cm³/mol. The first kappa shape index (κ1) is 24.7. The van der Waals surface area contributed by atoms with E-state index in [1.54, 1.807) is 31.3 Å². The summed E-state index contributed by atoms with van der Waals surface area (Å²) in [7, 11) is 1.62. The standard InChI is InChI=1S/C25H27F3N6O/c1-5-20-14-33(23-22-21(32(4)24(35)31-23)11-10-19(12-29)30-22)15(2)13-34(20)16(3)17-6-8-18(9-7-17)25(26,27)28/h6-11,15-16,20H,5,13-14H2,1-4H3. The Hall–Kier alpha value is -3.45. The average Bonchev–Trinajstić information content (AvgIpc) is 2.85. The maximum Gasteiger partial charge on any atom is 0.416 e. The highest BCUT2D eigenvalue weighted by molar-refractivity contribution is 5.86. The lowest BCUT2D eigenvalue weighted by Gasteiger charge is -2.48. The highest BCUT2D eigenvalue weighted by atomic mass is 19.4. The second kappa shape index (κ2) is 9.30. The molecule has 3 aromatic rings. The Morgan fingerprint density at radius 2 is 1.83 bits per heavy atom. The molecule has 4 rings (SSSR count). The van der Waals surface area contributed by atoms with Gasteiger partial charge < -0.3 is 4.90 Å². The molecule has 0 N–H and O–H groups in total. The smallest absolute Gasteiger partial charge is 0.349 e. The van der Waals surface area contributed by atoms with Gasteiger partial charge in [0.15, 0.2) is 5.82 Å². The number of fused-ring (bicyclic) bond motifs is 1. The zero-order valence-corrected chi connectivity index (χ0v) is 20.0. The minimum Gasteiger partial charge on any atom is -0.349 e. The van der Waals surface area contributed by atoms with E-state index in [-0.39, 0.29) is 23.8 Å². The molecule has 1 fully saturated rings. The van der Waals surface area contributed by atoms with E-state index < -0.39 is 17.4 Å². The minimum absolute atomic E-state index is 0.0509. The van der Waals surface area contributed by atoms with E-state index in [1.807, 2.05) is 19.9 Å². The van der Waals surface area contributed by atoms with Gasteiger partial charge in [-0.2, -0.15) is 23.4 Å². The van der Waals surface area contributed by atoms with Crippen molar-refractivity contribution in [2.75, 3.05) is 18.0 Å². The number of alkyl halides is 3. The van der Waals surface area contributed by atoms with E-state index in [1.165, 1.54) is 4.57 Å². The molecule has 0 saturated carbocycles. The first-order chi connectivity index (χ1) is 16.5. The molecule has 0 radical (unpaired) electrons. The molecule has 35 heavy (non-hydrogen) atoms. The Morgan fingerprint density at radius 3 is 2.43 bits per heavy atom. The first-order valence-corrected chi connectivity index (χ1v) is 11.5. The Bertz CT molecular complexity index is 1330.